The fourth-order valence-corrected chi connectivity index (χ4v) is 3.65. The molecular weight excluding hydrogens is 458 g/mol. The van der Waals surface area contributed by atoms with Gasteiger partial charge in [0.15, 0.2) is 18.3 Å². The van der Waals surface area contributed by atoms with Crippen LogP contribution in [0.1, 0.15) is 25.3 Å². The van der Waals surface area contributed by atoms with Crippen LogP contribution in [0.2, 0.25) is 0 Å². The van der Waals surface area contributed by atoms with E-state index in [1.165, 1.54) is 4.90 Å². The summed E-state index contributed by atoms with van der Waals surface area (Å²) in [5.74, 6) is -3.27. The second-order valence-corrected chi connectivity index (χ2v) is 7.97. The number of allylic oxidation sites excluding steroid dienone is 3. The maximum atomic E-state index is 14.7. The van der Waals surface area contributed by atoms with Crippen molar-refractivity contribution in [2.45, 2.75) is 38.0 Å². The third-order valence-electron chi connectivity index (χ3n) is 5.29. The highest BCUT2D eigenvalue weighted by Gasteiger charge is 2.43. The lowest BCUT2D eigenvalue weighted by molar-refractivity contribution is -0.109. The van der Waals surface area contributed by atoms with Crippen molar-refractivity contribution in [2.24, 2.45) is 0 Å². The van der Waals surface area contributed by atoms with Crippen molar-refractivity contribution in [3.05, 3.63) is 58.9 Å². The van der Waals surface area contributed by atoms with Gasteiger partial charge in [-0.3, -0.25) is 14.4 Å². The van der Waals surface area contributed by atoms with Crippen LogP contribution in [-0.2, 0) is 20.9 Å². The molecule has 0 bridgehead atoms. The Kier molecular flexibility index (Phi) is 11.6. The summed E-state index contributed by atoms with van der Waals surface area (Å²) in [6, 6.07) is 1.32. The quantitative estimate of drug-likeness (QED) is 0.252. The van der Waals surface area contributed by atoms with Crippen molar-refractivity contribution >= 4 is 18.9 Å². The molecule has 1 aromatic rings. The van der Waals surface area contributed by atoms with E-state index in [9.17, 15) is 37.1 Å². The number of hydrogen-bond acceptors (Lipinski definition) is 7. The second-order valence-electron chi connectivity index (χ2n) is 7.97. The number of alkyl halides is 1. The standard InChI is InChI=1S/C15H21FN2O4.C8H8F3N/c1-15(11-17(2)6-3-4-14(15)16)18(8-13(22)10-21)12(9-20)5-7-19;1-12-4-6-7(10)2-5(9)3-8(6)11/h5,7-10,14,22H,3-4,6,11H2,1-2H3;2-3,12H,4H2,1H3/b12-5-,13-8-;. The molecule has 1 heterocycles. The Labute approximate surface area is 195 Å². The number of benzene rings is 1. The largest absolute Gasteiger partial charge is 0.504 e. The molecule has 7 nitrogen and oxygen atoms in total. The molecule has 1 saturated heterocycles. The Hall–Kier alpha value is -3.05. The molecule has 2 N–H and O–H groups in total. The molecule has 34 heavy (non-hydrogen) atoms. The fraction of sp³-hybridized carbons (Fsp3) is 0.435. The maximum absolute atomic E-state index is 14.7. The number of aliphatic hydroxyl groups excluding tert-OH is 1. The van der Waals surface area contributed by atoms with E-state index in [-0.39, 0.29) is 37.1 Å². The third kappa shape index (κ3) is 7.77. The fourth-order valence-electron chi connectivity index (χ4n) is 3.65. The molecule has 188 valence electrons. The lowest BCUT2D eigenvalue weighted by Gasteiger charge is -2.43. The molecule has 2 atom stereocenters. The van der Waals surface area contributed by atoms with Crippen molar-refractivity contribution in [3.8, 4) is 0 Å². The van der Waals surface area contributed by atoms with Gasteiger partial charge < -0.3 is 20.2 Å². The first-order chi connectivity index (χ1) is 16.0. The summed E-state index contributed by atoms with van der Waals surface area (Å²) in [5.41, 5.74) is -1.46. The first-order valence-electron chi connectivity index (χ1n) is 10.4. The molecule has 0 aromatic heterocycles. The molecule has 2 unspecified atom stereocenters. The van der Waals surface area contributed by atoms with E-state index in [1.807, 2.05) is 11.9 Å². The van der Waals surface area contributed by atoms with Gasteiger partial charge in [-0.1, -0.05) is 0 Å². The van der Waals surface area contributed by atoms with Gasteiger partial charge in [0.05, 0.1) is 17.4 Å². The number of rotatable bonds is 8. The number of halogens is 4. The summed E-state index contributed by atoms with van der Waals surface area (Å²) in [5, 5.41) is 12.1. The Morgan fingerprint density at radius 1 is 1.24 bits per heavy atom. The number of hydrogen-bond donors (Lipinski definition) is 2. The van der Waals surface area contributed by atoms with Gasteiger partial charge in [0.2, 0.25) is 0 Å². The topological polar surface area (TPSA) is 90.0 Å². The minimum absolute atomic E-state index is 0.0535. The number of carbonyl (C=O) groups excluding carboxylic acids is 3. The van der Waals surface area contributed by atoms with Crippen LogP contribution < -0.4 is 5.32 Å². The zero-order chi connectivity index (χ0) is 25.9. The molecule has 1 aliphatic rings. The predicted octanol–water partition coefficient (Wildman–Crippen LogP) is 2.81. The highest BCUT2D eigenvalue weighted by molar-refractivity contribution is 5.82. The van der Waals surface area contributed by atoms with Gasteiger partial charge in [0.1, 0.15) is 29.9 Å². The van der Waals surface area contributed by atoms with Gasteiger partial charge in [0, 0.05) is 36.9 Å². The van der Waals surface area contributed by atoms with Crippen LogP contribution in [0.25, 0.3) is 0 Å². The summed E-state index contributed by atoms with van der Waals surface area (Å²) >= 11 is 0. The first-order valence-corrected chi connectivity index (χ1v) is 10.4. The molecule has 0 radical (unpaired) electrons. The van der Waals surface area contributed by atoms with Crippen LogP contribution in [0.3, 0.4) is 0 Å². The molecule has 0 spiro atoms. The molecule has 2 rings (SSSR count). The number of aliphatic hydroxyl groups is 1. The Morgan fingerprint density at radius 2 is 1.85 bits per heavy atom. The molecule has 1 aromatic carbocycles. The van der Waals surface area contributed by atoms with Gasteiger partial charge in [-0.2, -0.15) is 0 Å². The smallest absolute Gasteiger partial charge is 0.185 e. The highest BCUT2D eigenvalue weighted by atomic mass is 19.1. The van der Waals surface area contributed by atoms with Crippen molar-refractivity contribution in [1.29, 1.82) is 0 Å². The van der Waals surface area contributed by atoms with Crippen molar-refractivity contribution < 1.29 is 37.1 Å². The molecule has 1 fully saturated rings. The predicted molar refractivity (Wildman–Crippen MR) is 118 cm³/mol. The van der Waals surface area contributed by atoms with Gasteiger partial charge in [-0.15, -0.1) is 0 Å². The summed E-state index contributed by atoms with van der Waals surface area (Å²) in [7, 11) is 3.38. The van der Waals surface area contributed by atoms with Crippen LogP contribution in [0.15, 0.2) is 35.9 Å². The second kappa shape index (κ2) is 13.6. The van der Waals surface area contributed by atoms with Gasteiger partial charge >= 0.3 is 0 Å². The monoisotopic (exact) mass is 487 g/mol. The average Bonchev–Trinajstić information content (AvgIpc) is 2.91. The minimum atomic E-state index is -1.30. The molecule has 1 aliphatic heterocycles. The van der Waals surface area contributed by atoms with Crippen molar-refractivity contribution in [3.63, 3.8) is 0 Å². The van der Waals surface area contributed by atoms with Crippen molar-refractivity contribution in [1.82, 2.24) is 15.1 Å². The van der Waals surface area contributed by atoms with Gasteiger partial charge in [-0.25, -0.2) is 17.6 Å². The van der Waals surface area contributed by atoms with Crippen molar-refractivity contribution in [2.75, 3.05) is 27.2 Å². The minimum Gasteiger partial charge on any atom is -0.504 e. The SMILES string of the molecule is CN1CCCC(F)C(C)(N(/C=C(\O)C=O)/C(C=O)=C\C=O)C1.CNCc1c(F)cc(F)cc1F. The average molecular weight is 487 g/mol. The van der Waals surface area contributed by atoms with E-state index < -0.39 is 34.9 Å². The summed E-state index contributed by atoms with van der Waals surface area (Å²) in [6.45, 7) is 2.61. The number of aldehydes is 3. The van der Waals surface area contributed by atoms with E-state index in [1.54, 1.807) is 14.0 Å². The Balaban J connectivity index is 0.000000404. The van der Waals surface area contributed by atoms with Crippen LogP contribution in [-0.4, -0.2) is 72.7 Å². The third-order valence-corrected chi connectivity index (χ3v) is 5.29. The van der Waals surface area contributed by atoms with Crippen LogP contribution >= 0.6 is 0 Å². The normalized spacial score (nSPS) is 21.7. The van der Waals surface area contributed by atoms with E-state index in [0.29, 0.717) is 37.7 Å². The van der Waals surface area contributed by atoms with E-state index in [0.717, 1.165) is 12.3 Å². The zero-order valence-corrected chi connectivity index (χ0v) is 19.2. The van der Waals surface area contributed by atoms with E-state index in [2.05, 4.69) is 5.32 Å². The van der Waals surface area contributed by atoms with Gasteiger partial charge in [0.25, 0.3) is 0 Å². The maximum Gasteiger partial charge on any atom is 0.185 e. The first kappa shape index (κ1) is 29.0. The van der Waals surface area contributed by atoms with Crippen LogP contribution in [0.4, 0.5) is 17.6 Å². The van der Waals surface area contributed by atoms with Crippen LogP contribution in [0.5, 0.6) is 0 Å². The molecule has 0 saturated carbocycles. The molecule has 0 aliphatic carbocycles. The van der Waals surface area contributed by atoms with Crippen LogP contribution in [0, 0.1) is 17.5 Å². The summed E-state index contributed by atoms with van der Waals surface area (Å²) in [4.78, 5) is 35.7. The summed E-state index contributed by atoms with van der Waals surface area (Å²) < 4.78 is 52.6. The highest BCUT2D eigenvalue weighted by Crippen LogP contribution is 2.32. The molecule has 11 heteroatoms. The molecule has 0 amide bonds. The van der Waals surface area contributed by atoms with Gasteiger partial charge in [-0.05, 0) is 40.4 Å². The lowest BCUT2D eigenvalue weighted by Crippen LogP contribution is -2.55. The Bertz CT molecular complexity index is 902. The number of likely N-dealkylation sites (tertiary alicyclic amines) is 1. The van der Waals surface area contributed by atoms with E-state index >= 15 is 0 Å². The zero-order valence-electron chi connectivity index (χ0n) is 19.2. The number of carbonyl (C=O) groups is 3. The number of nitrogens with one attached hydrogen (secondary N) is 1. The lowest BCUT2D eigenvalue weighted by atomic mass is 9.91. The number of likely N-dealkylation sites (N-methyl/N-ethyl adjacent to an activating group) is 1. The summed E-state index contributed by atoms with van der Waals surface area (Å²) in [6.07, 6.45) is 2.58. The number of nitrogens with zero attached hydrogens (tertiary/aromatic N) is 2. The van der Waals surface area contributed by atoms with E-state index in [4.69, 9.17) is 0 Å². The molecular formula is C23H29F4N3O4. The Morgan fingerprint density at radius 3 is 2.35 bits per heavy atom.